The molecule has 2 fully saturated rings. The Hall–Kier alpha value is -3.28. The van der Waals surface area contributed by atoms with Crippen molar-refractivity contribution in [2.75, 3.05) is 56.5 Å². The highest BCUT2D eigenvalue weighted by Crippen LogP contribution is 2.32. The quantitative estimate of drug-likeness (QED) is 0.296. The number of aromatic nitrogens is 3. The van der Waals surface area contributed by atoms with Crippen LogP contribution in [0.25, 0.3) is 10.9 Å². The van der Waals surface area contributed by atoms with Crippen molar-refractivity contribution >= 4 is 40.0 Å². The monoisotopic (exact) mass is 549 g/mol. The number of nitrogens with one attached hydrogen (secondary N) is 2. The topological polar surface area (TPSA) is 110 Å². The van der Waals surface area contributed by atoms with Crippen molar-refractivity contribution in [1.29, 1.82) is 5.41 Å². The zero-order valence-electron chi connectivity index (χ0n) is 22.7. The number of nitrogens with zero attached hydrogens (tertiary/aromatic N) is 6. The lowest BCUT2D eigenvalue weighted by Crippen LogP contribution is -2.53. The minimum atomic E-state index is -0.369. The Balaban J connectivity index is 1.38. The SMILES string of the molecule is CC(=N)/C=C(\N)Nc1cc(N2CCN(C3CCN(C)CC3)CC2)nc(Sc2cc(F)c3nc(C)ccc3c2)n1. The third-order valence-electron chi connectivity index (χ3n) is 7.25. The van der Waals surface area contributed by atoms with Gasteiger partial charge >= 0.3 is 0 Å². The molecule has 1 aromatic carbocycles. The van der Waals surface area contributed by atoms with Crippen LogP contribution in [0.3, 0.4) is 0 Å². The molecule has 0 bridgehead atoms. The van der Waals surface area contributed by atoms with Gasteiger partial charge in [0.15, 0.2) is 11.0 Å². The Kier molecular flexibility index (Phi) is 8.29. The van der Waals surface area contributed by atoms with Crippen LogP contribution in [0.1, 0.15) is 25.5 Å². The minimum Gasteiger partial charge on any atom is -0.385 e. The van der Waals surface area contributed by atoms with Crippen LogP contribution in [0.2, 0.25) is 0 Å². The first-order valence-corrected chi connectivity index (χ1v) is 14.2. The van der Waals surface area contributed by atoms with Crippen LogP contribution in [-0.4, -0.2) is 82.8 Å². The molecule has 0 unspecified atom stereocenters. The first-order chi connectivity index (χ1) is 18.7. The number of pyridine rings is 1. The van der Waals surface area contributed by atoms with Crippen LogP contribution in [0.15, 0.2) is 52.3 Å². The van der Waals surface area contributed by atoms with Gasteiger partial charge in [-0.1, -0.05) is 6.07 Å². The Bertz CT molecular complexity index is 1380. The van der Waals surface area contributed by atoms with Crippen molar-refractivity contribution in [3.63, 3.8) is 0 Å². The molecule has 0 amide bonds. The Labute approximate surface area is 233 Å². The molecule has 2 aliphatic rings. The molecule has 11 heteroatoms. The molecule has 9 nitrogen and oxygen atoms in total. The van der Waals surface area contributed by atoms with Crippen LogP contribution in [0.4, 0.5) is 16.0 Å². The van der Waals surface area contributed by atoms with E-state index in [1.54, 1.807) is 13.0 Å². The molecule has 206 valence electrons. The number of halogens is 1. The predicted molar refractivity (Wildman–Crippen MR) is 156 cm³/mol. The third-order valence-corrected chi connectivity index (χ3v) is 8.08. The zero-order valence-corrected chi connectivity index (χ0v) is 23.6. The summed E-state index contributed by atoms with van der Waals surface area (Å²) < 4.78 is 14.9. The maximum atomic E-state index is 14.9. The van der Waals surface area contributed by atoms with Gasteiger partial charge in [-0.3, -0.25) is 9.88 Å². The van der Waals surface area contributed by atoms with Gasteiger partial charge in [-0.05, 0) is 82.9 Å². The molecule has 3 aromatic rings. The number of allylic oxidation sites excluding steroid dienone is 1. The number of nitrogens with two attached hydrogens (primary N) is 1. The molecule has 4 N–H and O–H groups in total. The molecule has 0 aliphatic carbocycles. The standard InChI is InChI=1S/C28H36FN9S/c1-18(30)14-24(31)33-25-17-26(38-12-10-37(11-13-38)21-6-8-36(3)9-7-21)35-28(34-25)39-22-15-20-5-4-19(2)32-27(20)23(29)16-22/h4-5,14-17,21,30H,6-13,31H2,1-3H3,(H,33,34,35)/b24-14+,30-18?. The lowest BCUT2D eigenvalue weighted by molar-refractivity contribution is 0.115. The normalized spacial score (nSPS) is 18.1. The average Bonchev–Trinajstić information content (AvgIpc) is 2.89. The third kappa shape index (κ3) is 6.84. The lowest BCUT2D eigenvalue weighted by atomic mass is 10.0. The second kappa shape index (κ2) is 11.8. The molecule has 4 heterocycles. The number of rotatable bonds is 7. The van der Waals surface area contributed by atoms with E-state index in [0.717, 1.165) is 56.2 Å². The number of benzene rings is 1. The predicted octanol–water partition coefficient (Wildman–Crippen LogP) is 4.09. The average molecular weight is 550 g/mol. The highest BCUT2D eigenvalue weighted by Gasteiger charge is 2.27. The second-order valence-electron chi connectivity index (χ2n) is 10.4. The molecular weight excluding hydrogens is 513 g/mol. The van der Waals surface area contributed by atoms with E-state index in [9.17, 15) is 4.39 Å². The summed E-state index contributed by atoms with van der Waals surface area (Å²) in [4.78, 5) is 21.8. The van der Waals surface area contributed by atoms with Gasteiger partial charge in [0.05, 0.1) is 0 Å². The van der Waals surface area contributed by atoms with Crippen molar-refractivity contribution in [3.8, 4) is 0 Å². The van der Waals surface area contributed by atoms with Gasteiger partial charge in [-0.2, -0.15) is 0 Å². The van der Waals surface area contributed by atoms with Crippen molar-refractivity contribution in [3.05, 3.63) is 53.7 Å². The van der Waals surface area contributed by atoms with Crippen LogP contribution in [0, 0.1) is 18.2 Å². The molecule has 0 spiro atoms. The number of hydrogen-bond donors (Lipinski definition) is 3. The number of aryl methyl sites for hydroxylation is 1. The van der Waals surface area contributed by atoms with E-state index in [-0.39, 0.29) is 5.82 Å². The largest absolute Gasteiger partial charge is 0.385 e. The van der Waals surface area contributed by atoms with Gasteiger partial charge < -0.3 is 26.3 Å². The number of fused-ring (bicyclic) bond motifs is 1. The summed E-state index contributed by atoms with van der Waals surface area (Å²) in [5.41, 5.74) is 7.58. The van der Waals surface area contributed by atoms with Crippen LogP contribution in [0.5, 0.6) is 0 Å². The van der Waals surface area contributed by atoms with E-state index < -0.39 is 0 Å². The van der Waals surface area contributed by atoms with E-state index in [1.807, 2.05) is 31.2 Å². The first-order valence-electron chi connectivity index (χ1n) is 13.3. The molecule has 2 aromatic heterocycles. The molecule has 5 rings (SSSR count). The fourth-order valence-electron chi connectivity index (χ4n) is 5.21. The van der Waals surface area contributed by atoms with E-state index in [1.165, 1.54) is 30.7 Å². The molecule has 0 radical (unpaired) electrons. The molecular formula is C28H36FN9S. The number of anilines is 2. The lowest BCUT2D eigenvalue weighted by Gasteiger charge is -2.42. The van der Waals surface area contributed by atoms with Gasteiger partial charge in [0.25, 0.3) is 0 Å². The summed E-state index contributed by atoms with van der Waals surface area (Å²) in [6.45, 7) is 9.53. The molecule has 0 saturated carbocycles. The molecule has 2 aliphatic heterocycles. The van der Waals surface area contributed by atoms with Gasteiger partial charge in [0, 0.05) is 60.0 Å². The molecule has 39 heavy (non-hydrogen) atoms. The van der Waals surface area contributed by atoms with E-state index in [2.05, 4.69) is 37.0 Å². The highest BCUT2D eigenvalue weighted by atomic mass is 32.2. The number of hydrogen-bond acceptors (Lipinski definition) is 10. The van der Waals surface area contributed by atoms with Gasteiger partial charge in [0.1, 0.15) is 23.0 Å². The minimum absolute atomic E-state index is 0.327. The fourth-order valence-corrected chi connectivity index (χ4v) is 6.05. The number of piperazine rings is 1. The maximum Gasteiger partial charge on any atom is 0.196 e. The van der Waals surface area contributed by atoms with E-state index >= 15 is 0 Å². The van der Waals surface area contributed by atoms with Gasteiger partial charge in [-0.15, -0.1) is 0 Å². The van der Waals surface area contributed by atoms with Crippen molar-refractivity contribution in [2.24, 2.45) is 5.73 Å². The highest BCUT2D eigenvalue weighted by molar-refractivity contribution is 7.99. The van der Waals surface area contributed by atoms with E-state index in [4.69, 9.17) is 16.1 Å². The second-order valence-corrected chi connectivity index (χ2v) is 11.4. The molecule has 0 atom stereocenters. The van der Waals surface area contributed by atoms with Gasteiger partial charge in [-0.25, -0.2) is 14.4 Å². The van der Waals surface area contributed by atoms with E-state index in [0.29, 0.717) is 39.0 Å². The first kappa shape index (κ1) is 27.3. The Morgan fingerprint density at radius 1 is 1.08 bits per heavy atom. The summed E-state index contributed by atoms with van der Waals surface area (Å²) in [5, 5.41) is 12.0. The van der Waals surface area contributed by atoms with Crippen molar-refractivity contribution in [1.82, 2.24) is 24.8 Å². The summed E-state index contributed by atoms with van der Waals surface area (Å²) in [7, 11) is 2.19. The summed E-state index contributed by atoms with van der Waals surface area (Å²) in [6, 6.07) is 9.68. The van der Waals surface area contributed by atoms with Crippen molar-refractivity contribution < 1.29 is 4.39 Å². The molecule has 2 saturated heterocycles. The zero-order chi connectivity index (χ0) is 27.5. The van der Waals surface area contributed by atoms with Crippen LogP contribution >= 0.6 is 11.8 Å². The number of likely N-dealkylation sites (tertiary alicyclic amines) is 1. The van der Waals surface area contributed by atoms with Crippen LogP contribution in [-0.2, 0) is 0 Å². The van der Waals surface area contributed by atoms with Crippen molar-refractivity contribution in [2.45, 2.75) is 42.8 Å². The smallest absolute Gasteiger partial charge is 0.196 e. The van der Waals surface area contributed by atoms with Crippen LogP contribution < -0.4 is 16.0 Å². The maximum absolute atomic E-state index is 14.9. The Morgan fingerprint density at radius 2 is 1.82 bits per heavy atom. The number of piperidine rings is 1. The Morgan fingerprint density at radius 3 is 2.54 bits per heavy atom. The summed E-state index contributed by atoms with van der Waals surface area (Å²) in [6.07, 6.45) is 3.98. The summed E-state index contributed by atoms with van der Waals surface area (Å²) in [5.74, 6) is 1.30. The fraction of sp³-hybridized carbons (Fsp3) is 0.429. The summed E-state index contributed by atoms with van der Waals surface area (Å²) >= 11 is 1.30. The van der Waals surface area contributed by atoms with Gasteiger partial charge in [0.2, 0.25) is 0 Å².